The van der Waals surface area contributed by atoms with Crippen LogP contribution in [-0.2, 0) is 5.75 Å². The minimum absolute atomic E-state index is 0.264. The summed E-state index contributed by atoms with van der Waals surface area (Å²) in [5.74, 6) is -0.926. The molecule has 0 aliphatic heterocycles. The molecule has 4 nitrogen and oxygen atoms in total. The lowest BCUT2D eigenvalue weighted by atomic mass is 10.2. The maximum atomic E-state index is 13.5. The molecule has 19 heavy (non-hydrogen) atoms. The highest BCUT2D eigenvalue weighted by molar-refractivity contribution is 7.98. The average Bonchev–Trinajstić information content (AvgIpc) is 2.83. The zero-order valence-corrected chi connectivity index (χ0v) is 10.4. The summed E-state index contributed by atoms with van der Waals surface area (Å²) < 4.78 is 28.0. The fraction of sp³-hybridized carbons (Fsp3) is 0.0833. The van der Waals surface area contributed by atoms with Gasteiger partial charge < -0.3 is 0 Å². The van der Waals surface area contributed by atoms with E-state index in [9.17, 15) is 8.78 Å². The third-order valence-electron chi connectivity index (χ3n) is 2.49. The molecule has 0 unspecified atom stereocenters. The first-order chi connectivity index (χ1) is 9.24. The second-order valence-corrected chi connectivity index (χ2v) is 4.70. The predicted octanol–water partition coefficient (Wildman–Crippen LogP) is 2.69. The SMILES string of the molecule is Fc1cccc(CSc2nc3ncccn3n2)c1F. The minimum atomic E-state index is -0.845. The van der Waals surface area contributed by atoms with Gasteiger partial charge in [-0.1, -0.05) is 23.9 Å². The van der Waals surface area contributed by atoms with Crippen molar-refractivity contribution in [2.75, 3.05) is 0 Å². The fourth-order valence-corrected chi connectivity index (χ4v) is 2.38. The molecule has 0 N–H and O–H groups in total. The molecule has 0 saturated carbocycles. The van der Waals surface area contributed by atoms with Crippen molar-refractivity contribution in [3.63, 3.8) is 0 Å². The van der Waals surface area contributed by atoms with Gasteiger partial charge in [-0.3, -0.25) is 0 Å². The van der Waals surface area contributed by atoms with Gasteiger partial charge in [-0.2, -0.15) is 4.98 Å². The predicted molar refractivity (Wildman–Crippen MR) is 66.7 cm³/mol. The molecule has 0 saturated heterocycles. The number of hydrogen-bond acceptors (Lipinski definition) is 4. The lowest BCUT2D eigenvalue weighted by Crippen LogP contribution is -1.92. The Balaban J connectivity index is 1.80. The summed E-state index contributed by atoms with van der Waals surface area (Å²) in [7, 11) is 0. The van der Waals surface area contributed by atoms with Crippen LogP contribution in [-0.4, -0.2) is 19.6 Å². The maximum Gasteiger partial charge on any atom is 0.253 e. The topological polar surface area (TPSA) is 43.1 Å². The first-order valence-electron chi connectivity index (χ1n) is 5.47. The third-order valence-corrected chi connectivity index (χ3v) is 3.37. The van der Waals surface area contributed by atoms with Crippen LogP contribution >= 0.6 is 11.8 Å². The Hall–Kier alpha value is -2.02. The van der Waals surface area contributed by atoms with Crippen LogP contribution in [0.25, 0.3) is 5.78 Å². The summed E-state index contributed by atoms with van der Waals surface area (Å²) in [6.45, 7) is 0. The number of halogens is 2. The number of fused-ring (bicyclic) bond motifs is 1. The number of nitrogens with zero attached hydrogens (tertiary/aromatic N) is 4. The van der Waals surface area contributed by atoms with E-state index < -0.39 is 11.6 Å². The van der Waals surface area contributed by atoms with Crippen molar-refractivity contribution in [2.45, 2.75) is 10.9 Å². The highest BCUT2D eigenvalue weighted by atomic mass is 32.2. The molecule has 0 aliphatic carbocycles. The van der Waals surface area contributed by atoms with Crippen molar-refractivity contribution < 1.29 is 8.78 Å². The molecule has 0 amide bonds. The molecule has 0 bridgehead atoms. The maximum absolute atomic E-state index is 13.5. The molecule has 7 heteroatoms. The molecule has 2 aromatic heterocycles. The van der Waals surface area contributed by atoms with Crippen LogP contribution in [0.4, 0.5) is 8.78 Å². The van der Waals surface area contributed by atoms with Crippen molar-refractivity contribution in [3.8, 4) is 0 Å². The van der Waals surface area contributed by atoms with Crippen molar-refractivity contribution in [1.29, 1.82) is 0 Å². The summed E-state index contributed by atoms with van der Waals surface area (Å²) in [4.78, 5) is 8.20. The van der Waals surface area contributed by atoms with E-state index in [0.717, 1.165) is 6.07 Å². The quantitative estimate of drug-likeness (QED) is 0.691. The largest absolute Gasteiger partial charge is 0.253 e. The molecule has 96 valence electrons. The number of hydrogen-bond donors (Lipinski definition) is 0. The highest BCUT2D eigenvalue weighted by Crippen LogP contribution is 2.22. The van der Waals surface area contributed by atoms with Gasteiger partial charge in [0.2, 0.25) is 5.16 Å². The standard InChI is InChI=1S/C12H8F2N4S/c13-9-4-1-3-8(10(9)14)7-19-12-16-11-15-5-2-6-18(11)17-12/h1-6H,7H2. The molecule has 0 spiro atoms. The normalized spacial score (nSPS) is 11.1. The highest BCUT2D eigenvalue weighted by Gasteiger charge is 2.10. The van der Waals surface area contributed by atoms with E-state index in [1.54, 1.807) is 24.5 Å². The minimum Gasteiger partial charge on any atom is -0.220 e. The van der Waals surface area contributed by atoms with Crippen LogP contribution in [0.5, 0.6) is 0 Å². The molecular formula is C12H8F2N4S. The Bertz CT molecular complexity index is 696. The monoisotopic (exact) mass is 278 g/mol. The second-order valence-electron chi connectivity index (χ2n) is 3.76. The number of aromatic nitrogens is 4. The number of rotatable bonds is 3. The zero-order valence-electron chi connectivity index (χ0n) is 9.62. The van der Waals surface area contributed by atoms with Gasteiger partial charge in [0.1, 0.15) is 0 Å². The molecule has 2 heterocycles. The van der Waals surface area contributed by atoms with Gasteiger partial charge in [0.05, 0.1) is 0 Å². The van der Waals surface area contributed by atoms with Crippen LogP contribution in [0.2, 0.25) is 0 Å². The van der Waals surface area contributed by atoms with Crippen molar-refractivity contribution >= 4 is 17.5 Å². The molecule has 3 aromatic rings. The second kappa shape index (κ2) is 4.93. The van der Waals surface area contributed by atoms with Gasteiger partial charge in [0, 0.05) is 23.7 Å². The first-order valence-corrected chi connectivity index (χ1v) is 6.46. The average molecular weight is 278 g/mol. The number of benzene rings is 1. The van der Waals surface area contributed by atoms with Gasteiger partial charge >= 0.3 is 0 Å². The van der Waals surface area contributed by atoms with E-state index in [-0.39, 0.29) is 11.3 Å². The van der Waals surface area contributed by atoms with E-state index in [1.165, 1.54) is 22.3 Å². The summed E-state index contributed by atoms with van der Waals surface area (Å²) in [5, 5.41) is 4.64. The Morgan fingerprint density at radius 1 is 1.21 bits per heavy atom. The van der Waals surface area contributed by atoms with Crippen molar-refractivity contribution in [1.82, 2.24) is 19.6 Å². The first kappa shape index (κ1) is 12.0. The Morgan fingerprint density at radius 3 is 2.95 bits per heavy atom. The Morgan fingerprint density at radius 2 is 2.11 bits per heavy atom. The van der Waals surface area contributed by atoms with Gasteiger partial charge in [0.25, 0.3) is 5.78 Å². The van der Waals surface area contributed by atoms with Crippen LogP contribution < -0.4 is 0 Å². The van der Waals surface area contributed by atoms with E-state index in [4.69, 9.17) is 0 Å². The molecule has 0 aliphatic rings. The molecular weight excluding hydrogens is 270 g/mol. The van der Waals surface area contributed by atoms with Crippen molar-refractivity contribution in [3.05, 3.63) is 53.9 Å². The summed E-state index contributed by atoms with van der Waals surface area (Å²) in [5.41, 5.74) is 0.289. The molecule has 1 aromatic carbocycles. The van der Waals surface area contributed by atoms with Gasteiger partial charge in [0.15, 0.2) is 11.6 Å². The molecule has 0 atom stereocenters. The Kier molecular flexibility index (Phi) is 3.12. The lowest BCUT2D eigenvalue weighted by Gasteiger charge is -2.01. The summed E-state index contributed by atoms with van der Waals surface area (Å²) in [6, 6.07) is 5.85. The van der Waals surface area contributed by atoms with E-state index in [2.05, 4.69) is 15.1 Å². The molecule has 0 radical (unpaired) electrons. The van der Waals surface area contributed by atoms with E-state index >= 15 is 0 Å². The molecule has 0 fully saturated rings. The van der Waals surface area contributed by atoms with Crippen LogP contribution in [0.15, 0.2) is 41.8 Å². The number of thioether (sulfide) groups is 1. The van der Waals surface area contributed by atoms with E-state index in [1.807, 2.05) is 0 Å². The Labute approximate surface area is 111 Å². The van der Waals surface area contributed by atoms with Crippen molar-refractivity contribution in [2.24, 2.45) is 0 Å². The third kappa shape index (κ3) is 2.41. The fourth-order valence-electron chi connectivity index (χ4n) is 1.58. The smallest absolute Gasteiger partial charge is 0.220 e. The van der Waals surface area contributed by atoms with Gasteiger partial charge in [-0.05, 0) is 12.1 Å². The summed E-state index contributed by atoms with van der Waals surface area (Å²) in [6.07, 6.45) is 3.34. The molecule has 3 rings (SSSR count). The zero-order chi connectivity index (χ0) is 13.2. The summed E-state index contributed by atoms with van der Waals surface area (Å²) >= 11 is 1.23. The van der Waals surface area contributed by atoms with Crippen LogP contribution in [0.1, 0.15) is 5.56 Å². The van der Waals surface area contributed by atoms with E-state index in [0.29, 0.717) is 10.9 Å². The van der Waals surface area contributed by atoms with Gasteiger partial charge in [-0.15, -0.1) is 5.10 Å². The van der Waals surface area contributed by atoms with Crippen LogP contribution in [0.3, 0.4) is 0 Å². The van der Waals surface area contributed by atoms with Crippen LogP contribution in [0, 0.1) is 11.6 Å². The van der Waals surface area contributed by atoms with Gasteiger partial charge in [-0.25, -0.2) is 18.3 Å². The lowest BCUT2D eigenvalue weighted by molar-refractivity contribution is 0.502.